The number of piperazine rings is 1. The summed E-state index contributed by atoms with van der Waals surface area (Å²) >= 11 is 0. The Labute approximate surface area is 225 Å². The maximum absolute atomic E-state index is 12.7. The molecule has 0 spiro atoms. The van der Waals surface area contributed by atoms with Crippen molar-refractivity contribution >= 4 is 17.4 Å². The van der Waals surface area contributed by atoms with E-state index >= 15 is 0 Å². The predicted molar refractivity (Wildman–Crippen MR) is 151 cm³/mol. The number of anilines is 2. The predicted octanol–water partition coefficient (Wildman–Crippen LogP) is 4.14. The van der Waals surface area contributed by atoms with Gasteiger partial charge in [-0.05, 0) is 55.3 Å². The molecule has 0 saturated carbocycles. The van der Waals surface area contributed by atoms with E-state index in [4.69, 9.17) is 9.97 Å². The molecule has 3 aromatic rings. The topological polar surface area (TPSA) is 77.5 Å². The zero-order valence-electron chi connectivity index (χ0n) is 22.1. The zero-order chi connectivity index (χ0) is 26.2. The summed E-state index contributed by atoms with van der Waals surface area (Å²) in [6.45, 7) is 11.6. The first kappa shape index (κ1) is 26.2. The van der Waals surface area contributed by atoms with Gasteiger partial charge in [-0.15, -0.1) is 6.58 Å². The van der Waals surface area contributed by atoms with E-state index in [0.717, 1.165) is 87.8 Å². The third-order valence-electron chi connectivity index (χ3n) is 7.20. The molecule has 0 aliphatic carbocycles. The van der Waals surface area contributed by atoms with Crippen molar-refractivity contribution in [2.45, 2.75) is 32.4 Å². The van der Waals surface area contributed by atoms with Crippen LogP contribution >= 0.6 is 0 Å². The molecule has 8 rings (SSSR count). The standard InChI is InChI=1S/C30H37N7O/c1-2-3-13-35-14-5-8-28(38)23-37-17-15-36(16-18-37)21-24-6-4-7-26(19-24)33-30-31-12-11-29(34-30)25-9-10-27(22-35)32-20-25/h2,4,6-7,9-12,19-20H,1,3,5,8,13-18,21-23H2,(H,31,33,34). The van der Waals surface area contributed by atoms with Crippen molar-refractivity contribution in [1.29, 1.82) is 0 Å². The molecule has 2 aromatic heterocycles. The highest BCUT2D eigenvalue weighted by molar-refractivity contribution is 5.80. The van der Waals surface area contributed by atoms with Gasteiger partial charge in [-0.2, -0.15) is 0 Å². The Morgan fingerprint density at radius 1 is 0.947 bits per heavy atom. The van der Waals surface area contributed by atoms with Crippen molar-refractivity contribution in [1.82, 2.24) is 29.7 Å². The molecule has 1 N–H and O–H groups in total. The van der Waals surface area contributed by atoms with E-state index in [1.54, 1.807) is 6.20 Å². The lowest BCUT2D eigenvalue weighted by molar-refractivity contribution is -0.120. The van der Waals surface area contributed by atoms with Crippen molar-refractivity contribution in [3.8, 4) is 11.3 Å². The van der Waals surface area contributed by atoms with Gasteiger partial charge in [0, 0.05) is 75.9 Å². The average Bonchev–Trinajstić information content (AvgIpc) is 2.93. The monoisotopic (exact) mass is 511 g/mol. The normalized spacial score (nSPS) is 21.1. The van der Waals surface area contributed by atoms with E-state index in [1.165, 1.54) is 5.56 Å². The summed E-state index contributed by atoms with van der Waals surface area (Å²) in [5.74, 6) is 0.903. The maximum Gasteiger partial charge on any atom is 0.227 e. The molecule has 8 heteroatoms. The fourth-order valence-electron chi connectivity index (χ4n) is 5.09. The van der Waals surface area contributed by atoms with E-state index in [-0.39, 0.29) is 0 Å². The summed E-state index contributed by atoms with van der Waals surface area (Å²) in [5, 5.41) is 3.37. The smallest absolute Gasteiger partial charge is 0.227 e. The Morgan fingerprint density at radius 2 is 1.79 bits per heavy atom. The highest BCUT2D eigenvalue weighted by Crippen LogP contribution is 2.21. The molecule has 38 heavy (non-hydrogen) atoms. The molecule has 5 aliphatic rings. The minimum atomic E-state index is 0.338. The lowest BCUT2D eigenvalue weighted by Gasteiger charge is -2.34. The van der Waals surface area contributed by atoms with Crippen LogP contribution < -0.4 is 5.32 Å². The lowest BCUT2D eigenvalue weighted by Crippen LogP contribution is -2.47. The summed E-state index contributed by atoms with van der Waals surface area (Å²) < 4.78 is 0. The van der Waals surface area contributed by atoms with Crippen molar-refractivity contribution in [2.75, 3.05) is 51.1 Å². The SMILES string of the molecule is C=CCCN1CCCC(=O)CN2CCN(CC2)Cc2cccc(c2)Nc2nccc(n2)-c2ccc(nc2)C1. The molecule has 5 aliphatic heterocycles. The molecule has 1 saturated heterocycles. The maximum atomic E-state index is 12.7. The third kappa shape index (κ3) is 7.31. The van der Waals surface area contributed by atoms with Gasteiger partial charge in [0.05, 0.1) is 17.9 Å². The van der Waals surface area contributed by atoms with Gasteiger partial charge in [0.1, 0.15) is 5.78 Å². The number of carbonyl (C=O) groups excluding carboxylic acids is 1. The Kier molecular flexibility index (Phi) is 8.86. The molecule has 8 bridgehead atoms. The summed E-state index contributed by atoms with van der Waals surface area (Å²) in [4.78, 5) is 33.8. The van der Waals surface area contributed by atoms with E-state index in [1.807, 2.05) is 24.4 Å². The minimum Gasteiger partial charge on any atom is -0.324 e. The number of pyridine rings is 1. The van der Waals surface area contributed by atoms with Gasteiger partial charge in [0.15, 0.2) is 0 Å². The summed E-state index contributed by atoms with van der Waals surface area (Å²) in [6.07, 6.45) is 8.00. The zero-order valence-corrected chi connectivity index (χ0v) is 22.1. The van der Waals surface area contributed by atoms with Gasteiger partial charge in [-0.3, -0.25) is 24.5 Å². The summed E-state index contributed by atoms with van der Waals surface area (Å²) in [7, 11) is 0. The fraction of sp³-hybridized carbons (Fsp3) is 0.400. The van der Waals surface area contributed by atoms with E-state index in [0.29, 0.717) is 24.7 Å². The van der Waals surface area contributed by atoms with Crippen LogP contribution in [0.15, 0.2) is 67.5 Å². The van der Waals surface area contributed by atoms with Gasteiger partial charge in [-0.1, -0.05) is 18.2 Å². The number of aromatic nitrogens is 3. The molecular formula is C30H37N7O. The molecule has 1 aromatic carbocycles. The first-order valence-electron chi connectivity index (χ1n) is 13.6. The van der Waals surface area contributed by atoms with Crippen LogP contribution in [-0.4, -0.2) is 81.2 Å². The van der Waals surface area contributed by atoms with Crippen LogP contribution in [0.25, 0.3) is 11.3 Å². The van der Waals surface area contributed by atoms with E-state index < -0.39 is 0 Å². The van der Waals surface area contributed by atoms with Crippen LogP contribution in [0, 0.1) is 0 Å². The number of ketones is 1. The second-order valence-electron chi connectivity index (χ2n) is 10.2. The highest BCUT2D eigenvalue weighted by Gasteiger charge is 2.19. The Hall–Kier alpha value is -3.46. The van der Waals surface area contributed by atoms with Gasteiger partial charge in [0.2, 0.25) is 5.95 Å². The highest BCUT2D eigenvalue weighted by atomic mass is 16.1. The van der Waals surface area contributed by atoms with Crippen LogP contribution in [0.3, 0.4) is 0 Å². The van der Waals surface area contributed by atoms with Gasteiger partial charge in [0.25, 0.3) is 0 Å². The molecule has 0 atom stereocenters. The van der Waals surface area contributed by atoms with Gasteiger partial charge in [-0.25, -0.2) is 9.97 Å². The first-order valence-corrected chi connectivity index (χ1v) is 13.6. The van der Waals surface area contributed by atoms with Crippen LogP contribution in [-0.2, 0) is 17.9 Å². The average molecular weight is 512 g/mol. The number of Topliss-reactive ketones (excluding diaryl/α,β-unsaturated/α-hetero) is 1. The quantitative estimate of drug-likeness (QED) is 0.526. The number of nitrogens with one attached hydrogen (secondary N) is 1. The van der Waals surface area contributed by atoms with Crippen molar-refractivity contribution in [3.63, 3.8) is 0 Å². The fourth-order valence-corrected chi connectivity index (χ4v) is 5.09. The second-order valence-corrected chi connectivity index (χ2v) is 10.2. The lowest BCUT2D eigenvalue weighted by atomic mass is 10.1. The minimum absolute atomic E-state index is 0.338. The third-order valence-corrected chi connectivity index (χ3v) is 7.20. The molecule has 8 nitrogen and oxygen atoms in total. The number of benzene rings is 1. The van der Waals surface area contributed by atoms with E-state index in [2.05, 4.69) is 61.9 Å². The number of hydrogen-bond donors (Lipinski definition) is 1. The Bertz CT molecular complexity index is 1220. The molecule has 0 amide bonds. The molecular weight excluding hydrogens is 474 g/mol. The Balaban J connectivity index is 1.37. The molecule has 0 radical (unpaired) electrons. The number of hydrogen-bond acceptors (Lipinski definition) is 8. The first-order chi connectivity index (χ1) is 18.6. The van der Waals surface area contributed by atoms with Crippen LogP contribution in [0.5, 0.6) is 0 Å². The number of nitrogens with zero attached hydrogens (tertiary/aromatic N) is 6. The van der Waals surface area contributed by atoms with Crippen LogP contribution in [0.2, 0.25) is 0 Å². The van der Waals surface area contributed by atoms with Crippen molar-refractivity contribution in [3.05, 3.63) is 78.8 Å². The summed E-state index contributed by atoms with van der Waals surface area (Å²) in [6, 6.07) is 14.5. The van der Waals surface area contributed by atoms with Crippen LogP contribution in [0.1, 0.15) is 30.5 Å². The summed E-state index contributed by atoms with van der Waals surface area (Å²) in [5.41, 5.74) is 5.00. The number of rotatable bonds is 3. The molecule has 1 fully saturated rings. The van der Waals surface area contributed by atoms with Crippen molar-refractivity contribution < 1.29 is 4.79 Å². The van der Waals surface area contributed by atoms with Gasteiger partial charge < -0.3 is 5.32 Å². The van der Waals surface area contributed by atoms with Crippen molar-refractivity contribution in [2.24, 2.45) is 0 Å². The Morgan fingerprint density at radius 3 is 2.58 bits per heavy atom. The van der Waals surface area contributed by atoms with Gasteiger partial charge >= 0.3 is 0 Å². The van der Waals surface area contributed by atoms with E-state index in [9.17, 15) is 4.79 Å². The number of carbonyl (C=O) groups is 1. The molecule has 0 unspecified atom stereocenters. The molecule has 7 heterocycles. The second kappa shape index (κ2) is 12.9. The molecule has 198 valence electrons. The van der Waals surface area contributed by atoms with Crippen LogP contribution in [0.4, 0.5) is 11.6 Å². The largest absolute Gasteiger partial charge is 0.324 e.